The molecule has 0 unspecified atom stereocenters. The minimum Gasteiger partial charge on any atom is -0.352 e. The van der Waals surface area contributed by atoms with Crippen molar-refractivity contribution in [3.8, 4) is 0 Å². The predicted molar refractivity (Wildman–Crippen MR) is 57.5 cm³/mol. The van der Waals surface area contributed by atoms with Crippen LogP contribution < -0.4 is 5.32 Å². The molecule has 0 saturated heterocycles. The van der Waals surface area contributed by atoms with Crippen molar-refractivity contribution in [1.82, 2.24) is 5.32 Å². The number of nitrogens with one attached hydrogen (secondary N) is 1. The van der Waals surface area contributed by atoms with E-state index in [1.165, 1.54) is 0 Å². The molecule has 1 aromatic carbocycles. The van der Waals surface area contributed by atoms with Crippen LogP contribution in [0.15, 0.2) is 30.3 Å². The molecule has 0 heterocycles. The lowest BCUT2D eigenvalue weighted by atomic mass is 10.2. The maximum absolute atomic E-state index is 11.2. The highest BCUT2D eigenvalue weighted by molar-refractivity contribution is 5.75. The molecule has 2 heteroatoms. The fourth-order valence-corrected chi connectivity index (χ4v) is 1.17. The minimum absolute atomic E-state index is 0.109. The molecule has 0 fully saturated rings. The molecule has 0 aliphatic carbocycles. The fourth-order valence-electron chi connectivity index (χ4n) is 1.17. The van der Waals surface area contributed by atoms with Gasteiger partial charge in [0, 0.05) is 13.0 Å². The summed E-state index contributed by atoms with van der Waals surface area (Å²) in [6.07, 6.45) is 2.26. The molecule has 0 atom stereocenters. The number of hydrogen-bond donors (Lipinski definition) is 1. The van der Waals surface area contributed by atoms with E-state index < -0.39 is 0 Å². The summed E-state index contributed by atoms with van der Waals surface area (Å²) in [4.78, 5) is 11.2. The van der Waals surface area contributed by atoms with Crippen molar-refractivity contribution in [2.24, 2.45) is 0 Å². The molecule has 1 aromatic rings. The number of benzene rings is 1. The van der Waals surface area contributed by atoms with E-state index in [2.05, 4.69) is 12.2 Å². The molecule has 0 aliphatic heterocycles. The topological polar surface area (TPSA) is 29.1 Å². The zero-order valence-corrected chi connectivity index (χ0v) is 8.33. The van der Waals surface area contributed by atoms with Gasteiger partial charge in [-0.25, -0.2) is 0 Å². The summed E-state index contributed by atoms with van der Waals surface area (Å²) in [5.74, 6) is 0.109. The molecule has 0 aromatic heterocycles. The fraction of sp³-hybridized carbons (Fsp3) is 0.333. The maximum Gasteiger partial charge on any atom is 0.220 e. The van der Waals surface area contributed by atoms with Gasteiger partial charge in [0.25, 0.3) is 0 Å². The van der Waals surface area contributed by atoms with Crippen LogP contribution in [-0.4, -0.2) is 5.91 Å². The lowest BCUT2D eigenvalue weighted by Gasteiger charge is -2.04. The highest BCUT2D eigenvalue weighted by atomic mass is 16.1. The third kappa shape index (κ3) is 4.08. The SMILES string of the molecule is [CH2]CCCC(=O)NCc1ccccc1. The van der Waals surface area contributed by atoms with Gasteiger partial charge in [0.2, 0.25) is 5.91 Å². The van der Waals surface area contributed by atoms with Gasteiger partial charge < -0.3 is 5.32 Å². The first-order valence-corrected chi connectivity index (χ1v) is 4.93. The lowest BCUT2D eigenvalue weighted by Crippen LogP contribution is -2.22. The number of carbonyl (C=O) groups excluding carboxylic acids is 1. The molecule has 0 aliphatic rings. The predicted octanol–water partition coefficient (Wildman–Crippen LogP) is 2.31. The van der Waals surface area contributed by atoms with Gasteiger partial charge >= 0.3 is 0 Å². The standard InChI is InChI=1S/C12H16NO/c1-2-3-9-12(14)13-10-11-7-5-4-6-8-11/h4-8H,1-3,9-10H2,(H,13,14). The third-order valence-corrected chi connectivity index (χ3v) is 1.99. The molecule has 0 saturated carbocycles. The van der Waals surface area contributed by atoms with E-state index in [0.29, 0.717) is 13.0 Å². The second kappa shape index (κ2) is 6.19. The summed E-state index contributed by atoms with van der Waals surface area (Å²) < 4.78 is 0. The van der Waals surface area contributed by atoms with Gasteiger partial charge in [-0.1, -0.05) is 43.7 Å². The Morgan fingerprint density at radius 1 is 1.29 bits per heavy atom. The molecular weight excluding hydrogens is 174 g/mol. The van der Waals surface area contributed by atoms with Crippen LogP contribution in [-0.2, 0) is 11.3 Å². The molecule has 1 N–H and O–H groups in total. The summed E-state index contributed by atoms with van der Waals surface area (Å²) >= 11 is 0. The van der Waals surface area contributed by atoms with Crippen molar-refractivity contribution in [2.45, 2.75) is 25.8 Å². The van der Waals surface area contributed by atoms with Crippen LogP contribution in [0.4, 0.5) is 0 Å². The zero-order valence-electron chi connectivity index (χ0n) is 8.33. The molecule has 1 rings (SSSR count). The highest BCUT2D eigenvalue weighted by Gasteiger charge is 1.99. The molecule has 1 radical (unpaired) electrons. The highest BCUT2D eigenvalue weighted by Crippen LogP contribution is 1.98. The lowest BCUT2D eigenvalue weighted by molar-refractivity contribution is -0.121. The van der Waals surface area contributed by atoms with E-state index in [4.69, 9.17) is 0 Å². The number of rotatable bonds is 5. The first kappa shape index (κ1) is 10.8. The third-order valence-electron chi connectivity index (χ3n) is 1.99. The summed E-state index contributed by atoms with van der Waals surface area (Å²) in [6, 6.07) is 9.91. The Bertz CT molecular complexity index is 269. The smallest absolute Gasteiger partial charge is 0.220 e. The number of amides is 1. The zero-order chi connectivity index (χ0) is 10.2. The largest absolute Gasteiger partial charge is 0.352 e. The maximum atomic E-state index is 11.2. The summed E-state index contributed by atoms with van der Waals surface area (Å²) in [7, 11) is 0. The summed E-state index contributed by atoms with van der Waals surface area (Å²) in [6.45, 7) is 4.32. The first-order valence-electron chi connectivity index (χ1n) is 4.93. The van der Waals surface area contributed by atoms with Crippen molar-refractivity contribution in [1.29, 1.82) is 0 Å². The molecule has 1 amide bonds. The van der Waals surface area contributed by atoms with Crippen molar-refractivity contribution in [3.63, 3.8) is 0 Å². The van der Waals surface area contributed by atoms with Gasteiger partial charge in [-0.3, -0.25) is 4.79 Å². The molecule has 14 heavy (non-hydrogen) atoms. The molecule has 0 spiro atoms. The second-order valence-electron chi connectivity index (χ2n) is 3.22. The van der Waals surface area contributed by atoms with Crippen LogP contribution in [0.5, 0.6) is 0 Å². The van der Waals surface area contributed by atoms with E-state index in [0.717, 1.165) is 18.4 Å². The monoisotopic (exact) mass is 190 g/mol. The minimum atomic E-state index is 0.109. The molecule has 2 nitrogen and oxygen atoms in total. The van der Waals surface area contributed by atoms with Crippen molar-refractivity contribution < 1.29 is 4.79 Å². The quantitative estimate of drug-likeness (QED) is 0.758. The van der Waals surface area contributed by atoms with E-state index in [1.807, 2.05) is 30.3 Å². The van der Waals surface area contributed by atoms with Crippen molar-refractivity contribution in [2.75, 3.05) is 0 Å². The van der Waals surface area contributed by atoms with Crippen LogP contribution >= 0.6 is 0 Å². The van der Waals surface area contributed by atoms with Gasteiger partial charge in [-0.05, 0) is 12.0 Å². The van der Waals surface area contributed by atoms with Gasteiger partial charge in [-0.2, -0.15) is 0 Å². The Kier molecular flexibility index (Phi) is 4.76. The summed E-state index contributed by atoms with van der Waals surface area (Å²) in [5.41, 5.74) is 1.13. The van der Waals surface area contributed by atoms with E-state index in [1.54, 1.807) is 0 Å². The van der Waals surface area contributed by atoms with Crippen molar-refractivity contribution >= 4 is 5.91 Å². The molecule has 75 valence electrons. The van der Waals surface area contributed by atoms with Crippen LogP contribution in [0.3, 0.4) is 0 Å². The van der Waals surface area contributed by atoms with Gasteiger partial charge in [0.15, 0.2) is 0 Å². The van der Waals surface area contributed by atoms with Crippen LogP contribution in [0.1, 0.15) is 24.8 Å². The second-order valence-corrected chi connectivity index (χ2v) is 3.22. The number of hydrogen-bond acceptors (Lipinski definition) is 1. The number of carbonyl (C=O) groups is 1. The average Bonchev–Trinajstić information content (AvgIpc) is 2.25. The first-order chi connectivity index (χ1) is 6.83. The Hall–Kier alpha value is -1.31. The van der Waals surface area contributed by atoms with E-state index in [9.17, 15) is 4.79 Å². The van der Waals surface area contributed by atoms with Gasteiger partial charge in [0.05, 0.1) is 0 Å². The number of unbranched alkanes of at least 4 members (excludes halogenated alkanes) is 1. The molecule has 0 bridgehead atoms. The summed E-state index contributed by atoms with van der Waals surface area (Å²) in [5, 5.41) is 2.87. The van der Waals surface area contributed by atoms with Crippen LogP contribution in [0, 0.1) is 6.92 Å². The van der Waals surface area contributed by atoms with E-state index >= 15 is 0 Å². The van der Waals surface area contributed by atoms with Crippen LogP contribution in [0.2, 0.25) is 0 Å². The van der Waals surface area contributed by atoms with Gasteiger partial charge in [0.1, 0.15) is 0 Å². The Labute approximate surface area is 85.3 Å². The van der Waals surface area contributed by atoms with E-state index in [-0.39, 0.29) is 5.91 Å². The normalized spacial score (nSPS) is 9.79. The Morgan fingerprint density at radius 2 is 2.00 bits per heavy atom. The Balaban J connectivity index is 2.24. The van der Waals surface area contributed by atoms with Crippen LogP contribution in [0.25, 0.3) is 0 Å². The van der Waals surface area contributed by atoms with Crippen molar-refractivity contribution in [3.05, 3.63) is 42.8 Å². The molecular formula is C12H16NO. The van der Waals surface area contributed by atoms with Gasteiger partial charge in [-0.15, -0.1) is 0 Å². The Morgan fingerprint density at radius 3 is 2.64 bits per heavy atom. The average molecular weight is 190 g/mol.